The normalized spacial score (nSPS) is 28.4. The molecule has 2 aromatic carbocycles. The first kappa shape index (κ1) is 46.0. The van der Waals surface area contributed by atoms with Crippen LogP contribution in [-0.4, -0.2) is 99.1 Å². The second-order valence-corrected chi connectivity index (χ2v) is 14.5. The van der Waals surface area contributed by atoms with E-state index in [9.17, 15) is 19.2 Å². The number of rotatable bonds is 0. The van der Waals surface area contributed by atoms with Gasteiger partial charge in [-0.15, -0.1) is 0 Å². The number of esters is 4. The van der Waals surface area contributed by atoms with E-state index in [0.717, 1.165) is 0 Å². The number of hydrogen-bond donors (Lipinski definition) is 0. The maximum atomic E-state index is 12.8. The predicted octanol–water partition coefficient (Wildman–Crippen LogP) is 7.87. The van der Waals surface area contributed by atoms with Crippen molar-refractivity contribution in [3.8, 4) is 0 Å². The topological polar surface area (TPSA) is 142 Å². The standard InChI is InChI=1S/C44H60O12/c1-29-25-33(5)53-41(45)37-13-15-38(16-14-37)42(46)55-35(7)27-31(3)51-23-11-12-24-52-32(4)28-36(8)56-44(48)40-19-17-39(18-20-40)43(47)54-34(6)26-30(2)50-22-10-9-21-49-29/h9-20,29-36H,21-28H2,1-8H3/t29-,30-,31-,32-,33-,34-,35-,36-/m1/s1. The zero-order valence-corrected chi connectivity index (χ0v) is 34.1. The van der Waals surface area contributed by atoms with E-state index in [1.807, 2.05) is 52.0 Å². The summed E-state index contributed by atoms with van der Waals surface area (Å²) < 4.78 is 45.8. The Morgan fingerprint density at radius 1 is 0.321 bits per heavy atom. The van der Waals surface area contributed by atoms with Gasteiger partial charge in [0.05, 0.1) is 73.1 Å². The van der Waals surface area contributed by atoms with Crippen molar-refractivity contribution < 1.29 is 57.1 Å². The van der Waals surface area contributed by atoms with Gasteiger partial charge in [0.2, 0.25) is 0 Å². The highest BCUT2D eigenvalue weighted by Crippen LogP contribution is 2.16. The molecule has 0 spiro atoms. The van der Waals surface area contributed by atoms with Crippen molar-refractivity contribution in [3.05, 3.63) is 95.1 Å². The second kappa shape index (κ2) is 24.3. The molecule has 0 aliphatic carbocycles. The monoisotopic (exact) mass is 780 g/mol. The maximum Gasteiger partial charge on any atom is 0.338 e. The Kier molecular flexibility index (Phi) is 20.0. The van der Waals surface area contributed by atoms with Crippen LogP contribution in [0.2, 0.25) is 0 Å². The Morgan fingerprint density at radius 3 is 0.679 bits per heavy atom. The van der Waals surface area contributed by atoms with Crippen molar-refractivity contribution in [2.45, 2.75) is 130 Å². The van der Waals surface area contributed by atoms with E-state index in [2.05, 4.69) is 0 Å². The van der Waals surface area contributed by atoms with E-state index in [4.69, 9.17) is 37.9 Å². The first-order valence-electron chi connectivity index (χ1n) is 19.5. The van der Waals surface area contributed by atoms with Gasteiger partial charge in [0.1, 0.15) is 24.4 Å². The molecule has 56 heavy (non-hydrogen) atoms. The van der Waals surface area contributed by atoms with Crippen LogP contribution in [0.4, 0.5) is 0 Å². The number of carbonyl (C=O) groups excluding carboxylic acids is 4. The molecule has 12 nitrogen and oxygen atoms in total. The van der Waals surface area contributed by atoms with Crippen molar-refractivity contribution in [1.82, 2.24) is 0 Å². The van der Waals surface area contributed by atoms with Gasteiger partial charge < -0.3 is 37.9 Å². The van der Waals surface area contributed by atoms with Crippen LogP contribution in [-0.2, 0) is 37.9 Å². The van der Waals surface area contributed by atoms with Crippen LogP contribution < -0.4 is 0 Å². The van der Waals surface area contributed by atoms with Crippen molar-refractivity contribution in [2.75, 3.05) is 26.4 Å². The van der Waals surface area contributed by atoms with E-state index in [-0.39, 0.29) is 24.4 Å². The molecule has 0 N–H and O–H groups in total. The molecule has 0 radical (unpaired) electrons. The van der Waals surface area contributed by atoms with Gasteiger partial charge in [-0.05, 0) is 104 Å². The molecule has 0 saturated heterocycles. The number of ether oxygens (including phenoxy) is 8. The summed E-state index contributed by atoms with van der Waals surface area (Å²) >= 11 is 0. The number of benzene rings is 2. The molecule has 0 aromatic heterocycles. The SMILES string of the molecule is C[C@@H]1C[C@@H](C)OC(=O)c2ccc(cc2)C(=O)O[C@H](C)C[C@@H](C)OCC=CCO[C@H](C)C[C@@H](C)OC(=O)c2ccc(cc2)C(=O)O[C@H](C)C[C@@H](C)OCC=CCO1. The quantitative estimate of drug-likeness (QED) is 0.146. The van der Waals surface area contributed by atoms with Gasteiger partial charge in [-0.3, -0.25) is 0 Å². The first-order chi connectivity index (χ1) is 26.7. The van der Waals surface area contributed by atoms with Gasteiger partial charge in [0, 0.05) is 25.7 Å². The lowest BCUT2D eigenvalue weighted by Crippen LogP contribution is -2.23. The summed E-state index contributed by atoms with van der Waals surface area (Å²) in [5.74, 6) is -1.96. The van der Waals surface area contributed by atoms with Gasteiger partial charge in [-0.1, -0.05) is 24.3 Å². The van der Waals surface area contributed by atoms with Crippen LogP contribution in [0.25, 0.3) is 0 Å². The van der Waals surface area contributed by atoms with Gasteiger partial charge in [-0.25, -0.2) is 19.2 Å². The van der Waals surface area contributed by atoms with Crippen LogP contribution in [0.15, 0.2) is 72.8 Å². The first-order valence-corrected chi connectivity index (χ1v) is 19.5. The number of hydrogen-bond acceptors (Lipinski definition) is 12. The summed E-state index contributed by atoms with van der Waals surface area (Å²) in [5, 5.41) is 0. The lowest BCUT2D eigenvalue weighted by Gasteiger charge is -2.19. The minimum absolute atomic E-state index is 0.172. The average molecular weight is 781 g/mol. The van der Waals surface area contributed by atoms with Crippen LogP contribution in [0.3, 0.4) is 0 Å². The summed E-state index contributed by atoms with van der Waals surface area (Å²) in [6.07, 6.45) is 7.13. The van der Waals surface area contributed by atoms with Crippen LogP contribution >= 0.6 is 0 Å². The zero-order valence-electron chi connectivity index (χ0n) is 34.1. The molecule has 0 unspecified atom stereocenters. The van der Waals surface area contributed by atoms with Gasteiger partial charge in [-0.2, -0.15) is 0 Å². The maximum absolute atomic E-state index is 12.8. The van der Waals surface area contributed by atoms with E-state index in [1.165, 1.54) is 0 Å². The predicted molar refractivity (Wildman–Crippen MR) is 211 cm³/mol. The van der Waals surface area contributed by atoms with Gasteiger partial charge >= 0.3 is 23.9 Å². The molecule has 2 aromatic rings. The van der Waals surface area contributed by atoms with Gasteiger partial charge in [0.25, 0.3) is 0 Å². The Labute approximate surface area is 331 Å². The molecule has 8 atom stereocenters. The Balaban J connectivity index is 1.58. The van der Waals surface area contributed by atoms with E-state index < -0.39 is 48.3 Å². The zero-order chi connectivity index (χ0) is 41.0. The lowest BCUT2D eigenvalue weighted by molar-refractivity contribution is 0.00642. The molecule has 4 aliphatic rings. The highest BCUT2D eigenvalue weighted by atomic mass is 16.6. The second-order valence-electron chi connectivity index (χ2n) is 14.5. The molecule has 4 aliphatic heterocycles. The lowest BCUT2D eigenvalue weighted by atomic mass is 10.1. The highest BCUT2D eigenvalue weighted by Gasteiger charge is 2.20. The summed E-state index contributed by atoms with van der Waals surface area (Å²) in [7, 11) is 0. The minimum Gasteiger partial charge on any atom is -0.459 e. The van der Waals surface area contributed by atoms with Gasteiger partial charge in [0.15, 0.2) is 0 Å². The van der Waals surface area contributed by atoms with Crippen molar-refractivity contribution in [1.29, 1.82) is 0 Å². The Bertz CT molecular complexity index is 1340. The Morgan fingerprint density at radius 2 is 0.500 bits per heavy atom. The molecule has 308 valence electrons. The fourth-order valence-electron chi connectivity index (χ4n) is 5.97. The van der Waals surface area contributed by atoms with Crippen molar-refractivity contribution in [2.24, 2.45) is 0 Å². The van der Waals surface area contributed by atoms with Crippen molar-refractivity contribution >= 4 is 23.9 Å². The average Bonchev–Trinajstić information content (AvgIpc) is 3.13. The third kappa shape index (κ3) is 17.6. The largest absolute Gasteiger partial charge is 0.459 e. The fourth-order valence-corrected chi connectivity index (χ4v) is 5.97. The molecule has 0 fully saturated rings. The third-order valence-corrected chi connectivity index (χ3v) is 8.84. The molecule has 4 bridgehead atoms. The smallest absolute Gasteiger partial charge is 0.338 e. The minimum atomic E-state index is -0.491. The van der Waals surface area contributed by atoms with E-state index in [1.54, 1.807) is 76.2 Å². The molecule has 0 saturated carbocycles. The summed E-state index contributed by atoms with van der Waals surface area (Å²) in [5.41, 5.74) is 1.31. The summed E-state index contributed by atoms with van der Waals surface area (Å²) in [6.45, 7) is 16.3. The molecular weight excluding hydrogens is 720 g/mol. The highest BCUT2D eigenvalue weighted by molar-refractivity contribution is 5.94. The molecule has 4 heterocycles. The van der Waals surface area contributed by atoms with E-state index >= 15 is 0 Å². The van der Waals surface area contributed by atoms with Crippen molar-refractivity contribution in [3.63, 3.8) is 0 Å². The molecular formula is C44H60O12. The van der Waals surface area contributed by atoms with E-state index in [0.29, 0.717) is 74.4 Å². The third-order valence-electron chi connectivity index (χ3n) is 8.84. The van der Waals surface area contributed by atoms with Crippen LogP contribution in [0.5, 0.6) is 0 Å². The van der Waals surface area contributed by atoms with Crippen LogP contribution in [0, 0.1) is 0 Å². The molecule has 0 amide bonds. The Hall–Kier alpha value is -4.36. The number of carbonyl (C=O) groups is 4. The van der Waals surface area contributed by atoms with Crippen LogP contribution in [0.1, 0.15) is 123 Å². The molecule has 6 rings (SSSR count). The summed E-state index contributed by atoms with van der Waals surface area (Å²) in [4.78, 5) is 51.0. The molecule has 12 heteroatoms. The summed E-state index contributed by atoms with van der Waals surface area (Å²) in [6, 6.07) is 12.4. The fraction of sp³-hybridized carbons (Fsp3) is 0.545.